The highest BCUT2D eigenvalue weighted by molar-refractivity contribution is 5.90. The van der Waals surface area contributed by atoms with Crippen molar-refractivity contribution in [3.63, 3.8) is 0 Å². The van der Waals surface area contributed by atoms with Gasteiger partial charge in [0.15, 0.2) is 0 Å². The molecule has 0 amide bonds. The highest BCUT2D eigenvalue weighted by Crippen LogP contribution is 2.27. The molecular formula is C18H21FN4O2. The standard InChI is InChI=1S/C18H21FN4O2/c1-2-25-17(24)14-8-7-13(12-15(14)19)23-11-4-3-6-16(23)22-18-20-9-5-10-21-18/h5,7-10,12,16H,2-4,6,11H2,1H3,(H,20,21,22). The van der Waals surface area contributed by atoms with Crippen LogP contribution in [0.25, 0.3) is 0 Å². The van der Waals surface area contributed by atoms with Crippen molar-refractivity contribution < 1.29 is 13.9 Å². The molecule has 3 rings (SSSR count). The van der Waals surface area contributed by atoms with Crippen LogP contribution in [0.2, 0.25) is 0 Å². The maximum Gasteiger partial charge on any atom is 0.341 e. The molecule has 0 radical (unpaired) electrons. The number of anilines is 2. The van der Waals surface area contributed by atoms with Gasteiger partial charge in [-0.15, -0.1) is 0 Å². The minimum Gasteiger partial charge on any atom is -0.462 e. The Balaban J connectivity index is 1.80. The molecule has 6 nitrogen and oxygen atoms in total. The first kappa shape index (κ1) is 17.1. The van der Waals surface area contributed by atoms with Crippen molar-refractivity contribution >= 4 is 17.6 Å². The largest absolute Gasteiger partial charge is 0.462 e. The minimum atomic E-state index is -0.641. The lowest BCUT2D eigenvalue weighted by Gasteiger charge is -2.38. The fourth-order valence-electron chi connectivity index (χ4n) is 2.97. The van der Waals surface area contributed by atoms with Gasteiger partial charge in [-0.3, -0.25) is 0 Å². The van der Waals surface area contributed by atoms with Crippen molar-refractivity contribution in [2.75, 3.05) is 23.4 Å². The van der Waals surface area contributed by atoms with E-state index in [4.69, 9.17) is 4.74 Å². The van der Waals surface area contributed by atoms with E-state index in [2.05, 4.69) is 20.2 Å². The molecule has 25 heavy (non-hydrogen) atoms. The monoisotopic (exact) mass is 344 g/mol. The summed E-state index contributed by atoms with van der Waals surface area (Å²) in [6.07, 6.45) is 6.33. The van der Waals surface area contributed by atoms with E-state index in [-0.39, 0.29) is 18.3 Å². The number of rotatable bonds is 5. The molecule has 0 aliphatic carbocycles. The normalized spacial score (nSPS) is 17.2. The number of halogens is 1. The van der Waals surface area contributed by atoms with Crippen LogP contribution in [-0.2, 0) is 4.74 Å². The summed E-state index contributed by atoms with van der Waals surface area (Å²) >= 11 is 0. The van der Waals surface area contributed by atoms with Crippen molar-refractivity contribution in [1.82, 2.24) is 9.97 Å². The smallest absolute Gasteiger partial charge is 0.341 e. The number of nitrogens with zero attached hydrogens (tertiary/aromatic N) is 3. The number of carbonyl (C=O) groups is 1. The zero-order valence-corrected chi connectivity index (χ0v) is 14.1. The van der Waals surface area contributed by atoms with Crippen LogP contribution in [0.4, 0.5) is 16.0 Å². The van der Waals surface area contributed by atoms with Crippen molar-refractivity contribution in [2.45, 2.75) is 32.4 Å². The molecule has 0 bridgehead atoms. The molecule has 1 atom stereocenters. The highest BCUT2D eigenvalue weighted by atomic mass is 19.1. The number of aromatic nitrogens is 2. The number of carbonyl (C=O) groups excluding carboxylic acids is 1. The molecule has 1 saturated heterocycles. The van der Waals surface area contributed by atoms with Gasteiger partial charge in [0.25, 0.3) is 0 Å². The average molecular weight is 344 g/mol. The summed E-state index contributed by atoms with van der Waals surface area (Å²) < 4.78 is 19.2. The Morgan fingerprint density at radius 1 is 1.36 bits per heavy atom. The number of hydrogen-bond donors (Lipinski definition) is 1. The molecule has 132 valence electrons. The lowest BCUT2D eigenvalue weighted by molar-refractivity contribution is 0.0521. The zero-order chi connectivity index (χ0) is 17.6. The fraction of sp³-hybridized carbons (Fsp3) is 0.389. The number of benzene rings is 1. The van der Waals surface area contributed by atoms with Gasteiger partial charge in [-0.2, -0.15) is 0 Å². The topological polar surface area (TPSA) is 67.3 Å². The molecule has 2 heterocycles. The van der Waals surface area contributed by atoms with Gasteiger partial charge in [0.05, 0.1) is 12.2 Å². The van der Waals surface area contributed by atoms with E-state index in [1.54, 1.807) is 31.5 Å². The first-order valence-electron chi connectivity index (χ1n) is 8.46. The molecule has 1 N–H and O–H groups in total. The van der Waals surface area contributed by atoms with Gasteiger partial charge in [0, 0.05) is 24.6 Å². The van der Waals surface area contributed by atoms with Gasteiger partial charge >= 0.3 is 5.97 Å². The van der Waals surface area contributed by atoms with E-state index in [9.17, 15) is 9.18 Å². The summed E-state index contributed by atoms with van der Waals surface area (Å²) in [6, 6.07) is 6.37. The van der Waals surface area contributed by atoms with E-state index >= 15 is 0 Å². The Morgan fingerprint density at radius 3 is 2.88 bits per heavy atom. The maximum absolute atomic E-state index is 14.4. The van der Waals surface area contributed by atoms with Crippen molar-refractivity contribution in [1.29, 1.82) is 0 Å². The van der Waals surface area contributed by atoms with Gasteiger partial charge in [-0.25, -0.2) is 19.2 Å². The quantitative estimate of drug-likeness (QED) is 0.840. The van der Waals surface area contributed by atoms with E-state index in [0.717, 1.165) is 31.5 Å². The average Bonchev–Trinajstić information content (AvgIpc) is 2.63. The first-order chi connectivity index (χ1) is 12.2. The molecule has 2 aromatic rings. The van der Waals surface area contributed by atoms with Gasteiger partial charge < -0.3 is 15.0 Å². The van der Waals surface area contributed by atoms with Crippen LogP contribution >= 0.6 is 0 Å². The maximum atomic E-state index is 14.4. The lowest BCUT2D eigenvalue weighted by Crippen LogP contribution is -2.45. The molecule has 1 aliphatic rings. The van der Waals surface area contributed by atoms with Crippen molar-refractivity contribution in [2.24, 2.45) is 0 Å². The molecule has 0 saturated carbocycles. The number of ether oxygens (including phenoxy) is 1. The van der Waals surface area contributed by atoms with Gasteiger partial charge in [0.1, 0.15) is 12.0 Å². The Morgan fingerprint density at radius 2 is 2.16 bits per heavy atom. The van der Waals surface area contributed by atoms with E-state index < -0.39 is 11.8 Å². The van der Waals surface area contributed by atoms with Crippen LogP contribution in [0.5, 0.6) is 0 Å². The summed E-state index contributed by atoms with van der Waals surface area (Å²) in [6.45, 7) is 2.71. The van der Waals surface area contributed by atoms with Crippen LogP contribution in [-0.4, -0.2) is 35.3 Å². The van der Waals surface area contributed by atoms with Crippen LogP contribution in [0.15, 0.2) is 36.7 Å². The number of nitrogens with one attached hydrogen (secondary N) is 1. The number of hydrogen-bond acceptors (Lipinski definition) is 6. The highest BCUT2D eigenvalue weighted by Gasteiger charge is 2.24. The second-order valence-electron chi connectivity index (χ2n) is 5.81. The molecule has 1 fully saturated rings. The first-order valence-corrected chi connectivity index (χ1v) is 8.46. The minimum absolute atomic E-state index is 0.0241. The third-order valence-corrected chi connectivity index (χ3v) is 4.14. The van der Waals surface area contributed by atoms with Gasteiger partial charge in [0.2, 0.25) is 5.95 Å². The second-order valence-corrected chi connectivity index (χ2v) is 5.81. The summed E-state index contributed by atoms with van der Waals surface area (Å²) in [5, 5.41) is 3.30. The summed E-state index contributed by atoms with van der Waals surface area (Å²) in [4.78, 5) is 22.2. The van der Waals surface area contributed by atoms with E-state index in [1.165, 1.54) is 12.1 Å². The van der Waals surface area contributed by atoms with Crippen molar-refractivity contribution in [3.8, 4) is 0 Å². The molecule has 1 unspecified atom stereocenters. The number of esters is 1. The second kappa shape index (κ2) is 7.92. The molecule has 1 aliphatic heterocycles. The van der Waals surface area contributed by atoms with Crippen LogP contribution < -0.4 is 10.2 Å². The fourth-order valence-corrected chi connectivity index (χ4v) is 2.97. The third kappa shape index (κ3) is 4.04. The zero-order valence-electron chi connectivity index (χ0n) is 14.1. The Bertz CT molecular complexity index is 726. The molecule has 1 aromatic carbocycles. The van der Waals surface area contributed by atoms with E-state index in [1.807, 2.05) is 0 Å². The van der Waals surface area contributed by atoms with Crippen LogP contribution in [0.1, 0.15) is 36.5 Å². The SMILES string of the molecule is CCOC(=O)c1ccc(N2CCCCC2Nc2ncccn2)cc1F. The summed E-state index contributed by atoms with van der Waals surface area (Å²) in [7, 11) is 0. The van der Waals surface area contributed by atoms with Crippen LogP contribution in [0.3, 0.4) is 0 Å². The van der Waals surface area contributed by atoms with Gasteiger partial charge in [-0.05, 0) is 50.5 Å². The van der Waals surface area contributed by atoms with Crippen LogP contribution in [0, 0.1) is 5.82 Å². The molecular weight excluding hydrogens is 323 g/mol. The number of piperidine rings is 1. The Kier molecular flexibility index (Phi) is 5.42. The lowest BCUT2D eigenvalue weighted by atomic mass is 10.1. The van der Waals surface area contributed by atoms with E-state index in [0.29, 0.717) is 5.95 Å². The molecule has 1 aromatic heterocycles. The molecule has 0 spiro atoms. The predicted octanol–water partition coefficient (Wildman–Crippen LogP) is 3.22. The molecule has 7 heteroatoms. The summed E-state index contributed by atoms with van der Waals surface area (Å²) in [5.74, 6) is -0.670. The Labute approximate surface area is 146 Å². The van der Waals surface area contributed by atoms with Crippen molar-refractivity contribution in [3.05, 3.63) is 48.0 Å². The van der Waals surface area contributed by atoms with Gasteiger partial charge in [-0.1, -0.05) is 0 Å². The Hall–Kier alpha value is -2.70. The summed E-state index contributed by atoms with van der Waals surface area (Å²) in [5.41, 5.74) is 0.678. The predicted molar refractivity (Wildman–Crippen MR) is 93.0 cm³/mol. The third-order valence-electron chi connectivity index (χ3n) is 4.14.